The Morgan fingerprint density at radius 1 is 1.09 bits per heavy atom. The van der Waals surface area contributed by atoms with Gasteiger partial charge in [0.15, 0.2) is 0 Å². The summed E-state index contributed by atoms with van der Waals surface area (Å²) >= 11 is 0. The van der Waals surface area contributed by atoms with E-state index in [0.717, 1.165) is 11.3 Å². The Morgan fingerprint density at radius 2 is 1.78 bits per heavy atom. The topological polar surface area (TPSA) is 65.1 Å². The molecule has 0 atom stereocenters. The molecule has 0 aliphatic heterocycles. The highest BCUT2D eigenvalue weighted by molar-refractivity contribution is 5.78. The van der Waals surface area contributed by atoms with Crippen molar-refractivity contribution in [1.29, 1.82) is 0 Å². The van der Waals surface area contributed by atoms with Crippen LogP contribution in [0.1, 0.15) is 18.9 Å². The van der Waals surface area contributed by atoms with E-state index in [2.05, 4.69) is 0 Å². The molecule has 1 amide bonds. The first-order valence-electron chi connectivity index (χ1n) is 7.66. The average Bonchev–Trinajstić information content (AvgIpc) is 2.55. The van der Waals surface area contributed by atoms with Gasteiger partial charge in [0.25, 0.3) is 0 Å². The third-order valence-electron chi connectivity index (χ3n) is 3.34. The minimum Gasteiger partial charge on any atom is -0.497 e. The van der Waals surface area contributed by atoms with Gasteiger partial charge in [-0.15, -0.1) is 0 Å². The van der Waals surface area contributed by atoms with Crippen LogP contribution in [0.2, 0.25) is 0 Å². The number of amides is 1. The maximum atomic E-state index is 12.1. The molecule has 0 radical (unpaired) electrons. The highest BCUT2D eigenvalue weighted by Crippen LogP contribution is 2.12. The van der Waals surface area contributed by atoms with Gasteiger partial charge in [0, 0.05) is 20.2 Å². The Bertz CT molecular complexity index is 486. The third kappa shape index (κ3) is 7.15. The summed E-state index contributed by atoms with van der Waals surface area (Å²) in [6.45, 7) is 2.96. The van der Waals surface area contributed by atoms with E-state index in [9.17, 15) is 9.59 Å². The van der Waals surface area contributed by atoms with Crippen molar-refractivity contribution >= 4 is 11.9 Å². The molecule has 0 aliphatic carbocycles. The first-order valence-corrected chi connectivity index (χ1v) is 7.66. The van der Waals surface area contributed by atoms with Crippen molar-refractivity contribution in [2.24, 2.45) is 0 Å². The third-order valence-corrected chi connectivity index (χ3v) is 3.34. The number of nitrogens with zero attached hydrogens (tertiary/aromatic N) is 1. The highest BCUT2D eigenvalue weighted by Gasteiger charge is 2.15. The van der Waals surface area contributed by atoms with E-state index < -0.39 is 0 Å². The van der Waals surface area contributed by atoms with Crippen LogP contribution >= 0.6 is 0 Å². The Balaban J connectivity index is 2.56. The molecule has 0 unspecified atom stereocenters. The molecule has 6 heteroatoms. The van der Waals surface area contributed by atoms with Gasteiger partial charge in [0.2, 0.25) is 5.91 Å². The van der Waals surface area contributed by atoms with Gasteiger partial charge in [0.05, 0.1) is 20.1 Å². The van der Waals surface area contributed by atoms with Crippen molar-refractivity contribution in [2.75, 3.05) is 40.5 Å². The van der Waals surface area contributed by atoms with Crippen molar-refractivity contribution in [3.05, 3.63) is 29.8 Å². The molecule has 0 aliphatic rings. The first kappa shape index (κ1) is 19.0. The lowest BCUT2D eigenvalue weighted by atomic mass is 10.1. The summed E-state index contributed by atoms with van der Waals surface area (Å²) in [6, 6.07) is 7.69. The Kier molecular flexibility index (Phi) is 8.75. The van der Waals surface area contributed by atoms with E-state index in [1.807, 2.05) is 24.3 Å². The molecule has 0 heterocycles. The number of esters is 1. The summed E-state index contributed by atoms with van der Waals surface area (Å²) in [4.78, 5) is 25.2. The van der Waals surface area contributed by atoms with Crippen molar-refractivity contribution in [3.8, 4) is 5.75 Å². The number of hydrogen-bond donors (Lipinski definition) is 0. The maximum Gasteiger partial charge on any atom is 0.307 e. The van der Waals surface area contributed by atoms with E-state index in [1.165, 1.54) is 7.11 Å². The largest absolute Gasteiger partial charge is 0.497 e. The molecule has 0 N–H and O–H groups in total. The Morgan fingerprint density at radius 3 is 2.35 bits per heavy atom. The van der Waals surface area contributed by atoms with Crippen molar-refractivity contribution in [1.82, 2.24) is 4.90 Å². The van der Waals surface area contributed by atoms with Crippen LogP contribution in [0, 0.1) is 0 Å². The van der Waals surface area contributed by atoms with Crippen LogP contribution in [0.4, 0.5) is 0 Å². The molecular weight excluding hydrogens is 298 g/mol. The molecule has 0 saturated carbocycles. The van der Waals surface area contributed by atoms with Crippen LogP contribution in [0.3, 0.4) is 0 Å². The smallest absolute Gasteiger partial charge is 0.307 e. The summed E-state index contributed by atoms with van der Waals surface area (Å²) in [5, 5.41) is 0. The monoisotopic (exact) mass is 323 g/mol. The summed E-state index contributed by atoms with van der Waals surface area (Å²) in [7, 11) is 3.10. The van der Waals surface area contributed by atoms with Gasteiger partial charge in [-0.05, 0) is 31.0 Å². The van der Waals surface area contributed by atoms with Crippen LogP contribution < -0.4 is 4.74 Å². The summed E-state index contributed by atoms with van der Waals surface area (Å²) < 4.78 is 14.9. The quantitative estimate of drug-likeness (QED) is 0.613. The Labute approximate surface area is 137 Å². The number of carbonyl (C=O) groups is 2. The first-order chi connectivity index (χ1) is 11.1. The number of methoxy groups -OCH3 is 2. The van der Waals surface area contributed by atoms with E-state index in [4.69, 9.17) is 14.2 Å². The van der Waals surface area contributed by atoms with Crippen molar-refractivity contribution in [2.45, 2.75) is 19.8 Å². The molecule has 23 heavy (non-hydrogen) atoms. The predicted octanol–water partition coefficient (Wildman–Crippen LogP) is 1.67. The number of ether oxygens (including phenoxy) is 3. The summed E-state index contributed by atoms with van der Waals surface area (Å²) in [5.41, 5.74) is 1.09. The molecule has 0 fully saturated rings. The lowest BCUT2D eigenvalue weighted by Crippen LogP contribution is -2.37. The van der Waals surface area contributed by atoms with Gasteiger partial charge < -0.3 is 19.1 Å². The molecule has 0 bridgehead atoms. The Hall–Kier alpha value is -2.08. The van der Waals surface area contributed by atoms with Crippen LogP contribution in [-0.2, 0) is 25.5 Å². The van der Waals surface area contributed by atoms with E-state index in [1.54, 1.807) is 18.9 Å². The fourth-order valence-corrected chi connectivity index (χ4v) is 2.09. The summed E-state index contributed by atoms with van der Waals surface area (Å²) in [5.74, 6) is 0.362. The lowest BCUT2D eigenvalue weighted by molar-refractivity contribution is -0.144. The number of hydrogen-bond acceptors (Lipinski definition) is 5. The second-order valence-electron chi connectivity index (χ2n) is 4.97. The second kappa shape index (κ2) is 10.6. The molecule has 0 saturated heterocycles. The number of carbonyl (C=O) groups excluding carboxylic acids is 2. The minimum atomic E-state index is -0.299. The molecule has 128 valence electrons. The molecule has 0 spiro atoms. The van der Waals surface area contributed by atoms with Gasteiger partial charge in [-0.2, -0.15) is 0 Å². The van der Waals surface area contributed by atoms with E-state index >= 15 is 0 Å². The maximum absolute atomic E-state index is 12.1. The van der Waals surface area contributed by atoms with Crippen molar-refractivity contribution < 1.29 is 23.8 Å². The van der Waals surface area contributed by atoms with Gasteiger partial charge >= 0.3 is 5.97 Å². The fourth-order valence-electron chi connectivity index (χ4n) is 2.09. The zero-order valence-corrected chi connectivity index (χ0v) is 14.0. The zero-order chi connectivity index (χ0) is 17.1. The fraction of sp³-hybridized carbons (Fsp3) is 0.529. The van der Waals surface area contributed by atoms with Gasteiger partial charge in [-0.3, -0.25) is 9.59 Å². The van der Waals surface area contributed by atoms with Crippen LogP contribution in [0.25, 0.3) is 0 Å². The molecule has 1 aromatic rings. The molecule has 6 nitrogen and oxygen atoms in total. The van der Waals surface area contributed by atoms with Gasteiger partial charge in [0.1, 0.15) is 12.4 Å². The normalized spacial score (nSPS) is 10.2. The second-order valence-corrected chi connectivity index (χ2v) is 4.97. The molecule has 1 aromatic carbocycles. The zero-order valence-electron chi connectivity index (χ0n) is 14.0. The van der Waals surface area contributed by atoms with Crippen LogP contribution in [0.5, 0.6) is 5.75 Å². The molecule has 1 rings (SSSR count). The molecular formula is C17H25NO5. The predicted molar refractivity (Wildman–Crippen MR) is 86.4 cm³/mol. The lowest BCUT2D eigenvalue weighted by Gasteiger charge is -2.22. The standard InChI is InChI=1S/C17H25NO5/c1-4-23-17(20)10-12-18(16(19)13-21-2)11-9-14-5-7-15(22-3)8-6-14/h5-8H,4,9-13H2,1-3H3. The minimum absolute atomic E-state index is 0.00539. The molecule has 0 aromatic heterocycles. The number of rotatable bonds is 10. The highest BCUT2D eigenvalue weighted by atomic mass is 16.5. The van der Waals surface area contributed by atoms with Gasteiger partial charge in [-0.1, -0.05) is 12.1 Å². The summed E-state index contributed by atoms with van der Waals surface area (Å²) in [6.07, 6.45) is 0.883. The number of benzene rings is 1. The van der Waals surface area contributed by atoms with Crippen LogP contribution in [-0.4, -0.2) is 57.3 Å². The average molecular weight is 323 g/mol. The van der Waals surface area contributed by atoms with Gasteiger partial charge in [-0.25, -0.2) is 0 Å². The van der Waals surface area contributed by atoms with Crippen LogP contribution in [0.15, 0.2) is 24.3 Å². The SMILES string of the molecule is CCOC(=O)CCN(CCc1ccc(OC)cc1)C(=O)COC. The van der Waals surface area contributed by atoms with E-state index in [-0.39, 0.29) is 24.9 Å². The van der Waals surface area contributed by atoms with E-state index in [0.29, 0.717) is 26.1 Å². The van der Waals surface area contributed by atoms with Crippen molar-refractivity contribution in [3.63, 3.8) is 0 Å².